The van der Waals surface area contributed by atoms with Gasteiger partial charge in [0.25, 0.3) is 0 Å². The maximum absolute atomic E-state index is 5.68. The Morgan fingerprint density at radius 2 is 2.10 bits per heavy atom. The fourth-order valence-electron chi connectivity index (χ4n) is 2.73. The smallest absolute Gasteiger partial charge is 0.0596 e. The molecule has 0 aliphatic carbocycles. The monoisotopic (exact) mass is 276 g/mol. The second-order valence-electron chi connectivity index (χ2n) is 5.91. The Morgan fingerprint density at radius 1 is 1.30 bits per heavy atom. The maximum atomic E-state index is 5.68. The highest BCUT2D eigenvalue weighted by atomic mass is 16.5. The summed E-state index contributed by atoms with van der Waals surface area (Å²) in [6.07, 6.45) is 2.68. The summed E-state index contributed by atoms with van der Waals surface area (Å²) in [5.41, 5.74) is 1.42. The van der Waals surface area contributed by atoms with Gasteiger partial charge in [-0.25, -0.2) is 0 Å². The maximum Gasteiger partial charge on any atom is 0.0596 e. The van der Waals surface area contributed by atoms with Crippen LogP contribution in [0.15, 0.2) is 30.3 Å². The first kappa shape index (κ1) is 15.5. The molecule has 1 aromatic carbocycles. The molecule has 20 heavy (non-hydrogen) atoms. The summed E-state index contributed by atoms with van der Waals surface area (Å²) >= 11 is 0. The molecule has 1 saturated heterocycles. The first-order valence-electron chi connectivity index (χ1n) is 7.85. The van der Waals surface area contributed by atoms with Crippen LogP contribution < -0.4 is 5.32 Å². The lowest BCUT2D eigenvalue weighted by Crippen LogP contribution is -2.40. The summed E-state index contributed by atoms with van der Waals surface area (Å²) in [6, 6.07) is 11.3. The molecule has 1 aromatic rings. The molecule has 112 valence electrons. The Balaban J connectivity index is 1.80. The van der Waals surface area contributed by atoms with Gasteiger partial charge in [0.1, 0.15) is 0 Å². The fourth-order valence-corrected chi connectivity index (χ4v) is 2.73. The lowest BCUT2D eigenvalue weighted by Gasteiger charge is -2.24. The molecule has 1 unspecified atom stereocenters. The van der Waals surface area contributed by atoms with Crippen molar-refractivity contribution >= 4 is 0 Å². The number of rotatable bonds is 6. The van der Waals surface area contributed by atoms with E-state index < -0.39 is 0 Å². The van der Waals surface area contributed by atoms with Crippen LogP contribution in [-0.2, 0) is 11.2 Å². The van der Waals surface area contributed by atoms with Gasteiger partial charge in [-0.15, -0.1) is 0 Å². The third kappa shape index (κ3) is 5.61. The van der Waals surface area contributed by atoms with Crippen molar-refractivity contribution in [3.05, 3.63) is 35.9 Å². The Kier molecular flexibility index (Phi) is 6.51. The molecule has 0 bridgehead atoms. The van der Waals surface area contributed by atoms with E-state index in [4.69, 9.17) is 4.74 Å². The molecular formula is C17H28N2O. The van der Waals surface area contributed by atoms with Crippen LogP contribution >= 0.6 is 0 Å². The van der Waals surface area contributed by atoms with Crippen LogP contribution in [0.3, 0.4) is 0 Å². The highest BCUT2D eigenvalue weighted by Gasteiger charge is 2.17. The van der Waals surface area contributed by atoms with Crippen molar-refractivity contribution in [3.63, 3.8) is 0 Å². The lowest BCUT2D eigenvalue weighted by molar-refractivity contribution is 0.0587. The summed E-state index contributed by atoms with van der Waals surface area (Å²) < 4.78 is 5.68. The Morgan fingerprint density at radius 3 is 2.85 bits per heavy atom. The molecule has 1 N–H and O–H groups in total. The molecule has 1 aliphatic heterocycles. The summed E-state index contributed by atoms with van der Waals surface area (Å²) in [4.78, 5) is 2.54. The fraction of sp³-hybridized carbons (Fsp3) is 0.647. The van der Waals surface area contributed by atoms with Crippen molar-refractivity contribution in [2.24, 2.45) is 0 Å². The Bertz CT molecular complexity index is 367. The van der Waals surface area contributed by atoms with Gasteiger partial charge in [-0.05, 0) is 45.3 Å². The van der Waals surface area contributed by atoms with Crippen LogP contribution in [-0.4, -0.2) is 49.8 Å². The number of benzene rings is 1. The lowest BCUT2D eigenvalue weighted by atomic mass is 10.1. The van der Waals surface area contributed by atoms with E-state index >= 15 is 0 Å². The third-order valence-electron chi connectivity index (χ3n) is 3.75. The van der Waals surface area contributed by atoms with E-state index in [9.17, 15) is 0 Å². The van der Waals surface area contributed by atoms with Gasteiger partial charge in [-0.1, -0.05) is 30.3 Å². The second kappa shape index (κ2) is 8.40. The zero-order valence-electron chi connectivity index (χ0n) is 12.8. The highest BCUT2D eigenvalue weighted by Crippen LogP contribution is 2.08. The van der Waals surface area contributed by atoms with Gasteiger partial charge >= 0.3 is 0 Å². The van der Waals surface area contributed by atoms with E-state index in [0.29, 0.717) is 12.1 Å². The van der Waals surface area contributed by atoms with E-state index in [0.717, 1.165) is 32.7 Å². The van der Waals surface area contributed by atoms with Crippen LogP contribution in [0.25, 0.3) is 0 Å². The Labute approximate surface area is 123 Å². The topological polar surface area (TPSA) is 24.5 Å². The van der Waals surface area contributed by atoms with Crippen molar-refractivity contribution in [1.82, 2.24) is 10.2 Å². The SMILES string of the molecule is CC(C)OCCN1CCCNC(Cc2ccccc2)C1. The highest BCUT2D eigenvalue weighted by molar-refractivity contribution is 5.16. The van der Waals surface area contributed by atoms with Crippen LogP contribution in [0.5, 0.6) is 0 Å². The van der Waals surface area contributed by atoms with Crippen LogP contribution in [0.4, 0.5) is 0 Å². The van der Waals surface area contributed by atoms with E-state index in [1.165, 1.54) is 18.5 Å². The summed E-state index contributed by atoms with van der Waals surface area (Å²) in [5, 5.41) is 3.68. The van der Waals surface area contributed by atoms with Gasteiger partial charge in [-0.2, -0.15) is 0 Å². The molecule has 3 heteroatoms. The van der Waals surface area contributed by atoms with Gasteiger partial charge in [0.2, 0.25) is 0 Å². The number of ether oxygens (including phenoxy) is 1. The van der Waals surface area contributed by atoms with E-state index in [1.807, 2.05) is 0 Å². The van der Waals surface area contributed by atoms with Crippen molar-refractivity contribution < 1.29 is 4.74 Å². The van der Waals surface area contributed by atoms with Gasteiger partial charge in [0, 0.05) is 19.1 Å². The molecule has 1 atom stereocenters. The summed E-state index contributed by atoms with van der Waals surface area (Å²) in [5.74, 6) is 0. The van der Waals surface area contributed by atoms with Gasteiger partial charge < -0.3 is 10.1 Å². The van der Waals surface area contributed by atoms with E-state index in [1.54, 1.807) is 0 Å². The minimum absolute atomic E-state index is 0.334. The molecular weight excluding hydrogens is 248 g/mol. The number of nitrogens with zero attached hydrogens (tertiary/aromatic N) is 1. The van der Waals surface area contributed by atoms with E-state index in [-0.39, 0.29) is 0 Å². The van der Waals surface area contributed by atoms with Gasteiger partial charge in [0.15, 0.2) is 0 Å². The molecule has 0 aromatic heterocycles. The first-order chi connectivity index (χ1) is 9.74. The number of hydrogen-bond donors (Lipinski definition) is 1. The average molecular weight is 276 g/mol. The second-order valence-corrected chi connectivity index (χ2v) is 5.91. The molecule has 1 fully saturated rings. The van der Waals surface area contributed by atoms with E-state index in [2.05, 4.69) is 54.4 Å². The largest absolute Gasteiger partial charge is 0.377 e. The van der Waals surface area contributed by atoms with Gasteiger partial charge in [0.05, 0.1) is 12.7 Å². The van der Waals surface area contributed by atoms with Gasteiger partial charge in [-0.3, -0.25) is 4.90 Å². The zero-order valence-corrected chi connectivity index (χ0v) is 12.8. The standard InChI is InChI=1S/C17H28N2O/c1-15(2)20-12-11-19-10-6-9-18-17(14-19)13-16-7-4-3-5-8-16/h3-5,7-8,15,17-18H,6,9-14H2,1-2H3. The molecule has 0 spiro atoms. The van der Waals surface area contributed by atoms with Crippen LogP contribution in [0.2, 0.25) is 0 Å². The number of nitrogens with one attached hydrogen (secondary N) is 1. The Hall–Kier alpha value is -0.900. The summed E-state index contributed by atoms with van der Waals surface area (Å²) in [7, 11) is 0. The zero-order chi connectivity index (χ0) is 14.2. The predicted molar refractivity (Wildman–Crippen MR) is 84.1 cm³/mol. The van der Waals surface area contributed by atoms with Crippen molar-refractivity contribution in [2.75, 3.05) is 32.8 Å². The predicted octanol–water partition coefficient (Wildman–Crippen LogP) is 2.32. The molecule has 0 amide bonds. The normalized spacial score (nSPS) is 21.1. The first-order valence-corrected chi connectivity index (χ1v) is 7.85. The molecule has 2 rings (SSSR count). The quantitative estimate of drug-likeness (QED) is 0.863. The molecule has 3 nitrogen and oxygen atoms in total. The average Bonchev–Trinajstić information content (AvgIpc) is 2.65. The minimum Gasteiger partial charge on any atom is -0.377 e. The molecule has 0 saturated carbocycles. The summed E-state index contributed by atoms with van der Waals surface area (Å²) in [6.45, 7) is 9.51. The molecule has 1 heterocycles. The van der Waals surface area contributed by atoms with Crippen molar-refractivity contribution in [1.29, 1.82) is 0 Å². The van der Waals surface area contributed by atoms with Crippen LogP contribution in [0, 0.1) is 0 Å². The van der Waals surface area contributed by atoms with Crippen molar-refractivity contribution in [2.45, 2.75) is 38.8 Å². The molecule has 0 radical (unpaired) electrons. The number of hydrogen-bond acceptors (Lipinski definition) is 3. The van der Waals surface area contributed by atoms with Crippen LogP contribution in [0.1, 0.15) is 25.8 Å². The van der Waals surface area contributed by atoms with Crippen molar-refractivity contribution in [3.8, 4) is 0 Å². The molecule has 1 aliphatic rings. The minimum atomic E-state index is 0.334. The third-order valence-corrected chi connectivity index (χ3v) is 3.75.